The first-order valence-corrected chi connectivity index (χ1v) is 12.8. The molecule has 0 atom stereocenters. The van der Waals surface area contributed by atoms with Gasteiger partial charge in [0.25, 0.3) is 0 Å². The smallest absolute Gasteiger partial charge is 0.245 e. The predicted octanol–water partition coefficient (Wildman–Crippen LogP) is 5.52. The van der Waals surface area contributed by atoms with Gasteiger partial charge in [0.1, 0.15) is 10.6 Å². The third kappa shape index (κ3) is 4.69. The number of anilines is 1. The summed E-state index contributed by atoms with van der Waals surface area (Å²) in [6.45, 7) is 4.11. The molecule has 2 N–H and O–H groups in total. The van der Waals surface area contributed by atoms with Gasteiger partial charge in [-0.3, -0.25) is 0 Å². The molecular formula is C24H30N6O2S. The second-order valence-corrected chi connectivity index (χ2v) is 10.1. The Morgan fingerprint density at radius 3 is 2.39 bits per heavy atom. The normalized spacial score (nSPS) is 15.5. The second kappa shape index (κ2) is 9.84. The molecule has 174 valence electrons. The van der Waals surface area contributed by atoms with E-state index in [0.29, 0.717) is 23.7 Å². The lowest BCUT2D eigenvalue weighted by Gasteiger charge is -2.32. The van der Waals surface area contributed by atoms with E-state index in [-0.39, 0.29) is 16.6 Å². The van der Waals surface area contributed by atoms with E-state index >= 15 is 0 Å². The largest absolute Gasteiger partial charge is 0.382 e. The minimum atomic E-state index is -3.72. The molecule has 1 saturated carbocycles. The summed E-state index contributed by atoms with van der Waals surface area (Å²) in [7, 11) is -3.72. The molecular weight excluding hydrogens is 436 g/mol. The summed E-state index contributed by atoms with van der Waals surface area (Å²) in [5, 5.41) is 13.1. The van der Waals surface area contributed by atoms with Crippen molar-refractivity contribution in [3.05, 3.63) is 60.3 Å². The molecule has 8 nitrogen and oxygen atoms in total. The monoisotopic (exact) mass is 466 g/mol. The molecule has 3 aromatic rings. The zero-order chi connectivity index (χ0) is 23.4. The van der Waals surface area contributed by atoms with E-state index in [9.17, 15) is 8.42 Å². The van der Waals surface area contributed by atoms with Crippen molar-refractivity contribution >= 4 is 27.2 Å². The van der Waals surface area contributed by atoms with Gasteiger partial charge in [-0.2, -0.15) is 9.40 Å². The number of azo groups is 1. The lowest BCUT2D eigenvalue weighted by molar-refractivity contribution is 0.261. The number of nitrogens with two attached hydrogens (primary N) is 1. The number of hydrogen-bond donors (Lipinski definition) is 1. The van der Waals surface area contributed by atoms with Crippen LogP contribution in [0.5, 0.6) is 0 Å². The van der Waals surface area contributed by atoms with Gasteiger partial charge in [-0.05, 0) is 44.0 Å². The molecule has 0 bridgehead atoms. The van der Waals surface area contributed by atoms with Gasteiger partial charge in [-0.1, -0.05) is 56.5 Å². The van der Waals surface area contributed by atoms with Crippen LogP contribution in [0.4, 0.5) is 17.2 Å². The molecule has 0 saturated heterocycles. The maximum Gasteiger partial charge on any atom is 0.245 e. The van der Waals surface area contributed by atoms with Crippen molar-refractivity contribution in [1.82, 2.24) is 14.1 Å². The maximum absolute atomic E-state index is 13.6. The zero-order valence-electron chi connectivity index (χ0n) is 19.1. The Labute approximate surface area is 195 Å². The molecule has 1 aromatic heterocycles. The van der Waals surface area contributed by atoms with Crippen molar-refractivity contribution in [2.45, 2.75) is 56.9 Å². The van der Waals surface area contributed by atoms with Crippen LogP contribution in [-0.2, 0) is 10.0 Å². The van der Waals surface area contributed by atoms with Gasteiger partial charge >= 0.3 is 0 Å². The molecule has 0 spiro atoms. The molecule has 0 amide bonds. The Bertz CT molecular complexity index is 1230. The van der Waals surface area contributed by atoms with Crippen molar-refractivity contribution < 1.29 is 8.42 Å². The first kappa shape index (κ1) is 23.1. The summed E-state index contributed by atoms with van der Waals surface area (Å²) in [6, 6.07) is 16.3. The van der Waals surface area contributed by atoms with Gasteiger partial charge in [0.15, 0.2) is 11.5 Å². The Hall–Kier alpha value is -3.04. The van der Waals surface area contributed by atoms with Gasteiger partial charge < -0.3 is 5.73 Å². The molecule has 33 heavy (non-hydrogen) atoms. The highest BCUT2D eigenvalue weighted by Gasteiger charge is 2.32. The van der Waals surface area contributed by atoms with Crippen LogP contribution < -0.4 is 5.73 Å². The van der Waals surface area contributed by atoms with Crippen LogP contribution in [0, 0.1) is 6.92 Å². The van der Waals surface area contributed by atoms with Crippen LogP contribution in [-0.4, -0.2) is 35.1 Å². The Kier molecular flexibility index (Phi) is 6.90. The Balaban J connectivity index is 1.68. The number of nitrogens with zero attached hydrogens (tertiary/aromatic N) is 5. The van der Waals surface area contributed by atoms with Gasteiger partial charge in [-0.25, -0.2) is 13.1 Å². The van der Waals surface area contributed by atoms with Crippen LogP contribution in [0.15, 0.2) is 69.7 Å². The average Bonchev–Trinajstić information content (AvgIpc) is 3.12. The first-order chi connectivity index (χ1) is 15.9. The van der Waals surface area contributed by atoms with Crippen LogP contribution >= 0.6 is 0 Å². The lowest BCUT2D eigenvalue weighted by atomic mass is 9.95. The van der Waals surface area contributed by atoms with Crippen LogP contribution in [0.2, 0.25) is 0 Å². The van der Waals surface area contributed by atoms with Gasteiger partial charge in [0.2, 0.25) is 10.0 Å². The molecule has 0 aliphatic heterocycles. The summed E-state index contributed by atoms with van der Waals surface area (Å²) in [4.78, 5) is 0.160. The van der Waals surface area contributed by atoms with E-state index in [2.05, 4.69) is 15.3 Å². The highest BCUT2D eigenvalue weighted by atomic mass is 32.2. The number of nitrogen functional groups attached to an aromatic ring is 1. The number of sulfonamides is 1. The zero-order valence-corrected chi connectivity index (χ0v) is 19.9. The molecule has 0 unspecified atom stereocenters. The van der Waals surface area contributed by atoms with E-state index in [4.69, 9.17) is 5.73 Å². The molecule has 1 aliphatic carbocycles. The van der Waals surface area contributed by atoms with Crippen LogP contribution in [0.3, 0.4) is 0 Å². The number of benzene rings is 2. The van der Waals surface area contributed by atoms with E-state index < -0.39 is 10.0 Å². The van der Waals surface area contributed by atoms with Crippen molar-refractivity contribution in [2.75, 3.05) is 12.3 Å². The molecule has 0 radical (unpaired) electrons. The Morgan fingerprint density at radius 2 is 1.70 bits per heavy atom. The number of hydrogen-bond acceptors (Lipinski definition) is 6. The topological polar surface area (TPSA) is 106 Å². The first-order valence-electron chi connectivity index (χ1n) is 11.4. The Morgan fingerprint density at radius 1 is 1.03 bits per heavy atom. The van der Waals surface area contributed by atoms with Crippen LogP contribution in [0.25, 0.3) is 5.69 Å². The van der Waals surface area contributed by atoms with Crippen molar-refractivity contribution in [3.8, 4) is 5.69 Å². The third-order valence-electron chi connectivity index (χ3n) is 6.07. The van der Waals surface area contributed by atoms with Gasteiger partial charge in [0, 0.05) is 12.6 Å². The average molecular weight is 467 g/mol. The van der Waals surface area contributed by atoms with Crippen molar-refractivity contribution in [2.24, 2.45) is 10.2 Å². The highest BCUT2D eigenvalue weighted by Crippen LogP contribution is 2.34. The lowest BCUT2D eigenvalue weighted by Crippen LogP contribution is -2.41. The van der Waals surface area contributed by atoms with Gasteiger partial charge in [0.05, 0.1) is 11.4 Å². The van der Waals surface area contributed by atoms with E-state index in [1.165, 1.54) is 0 Å². The molecule has 1 aliphatic rings. The second-order valence-electron chi connectivity index (χ2n) is 8.23. The summed E-state index contributed by atoms with van der Waals surface area (Å²) in [5.74, 6) is 0.347. The molecule has 9 heteroatoms. The summed E-state index contributed by atoms with van der Waals surface area (Å²) >= 11 is 0. The fourth-order valence-electron chi connectivity index (χ4n) is 4.41. The fourth-order valence-corrected chi connectivity index (χ4v) is 6.23. The molecule has 2 aromatic carbocycles. The molecule has 1 heterocycles. The van der Waals surface area contributed by atoms with E-state index in [0.717, 1.165) is 37.8 Å². The summed E-state index contributed by atoms with van der Waals surface area (Å²) in [5.41, 5.74) is 8.45. The maximum atomic E-state index is 13.6. The fraction of sp³-hybridized carbons (Fsp3) is 0.375. The summed E-state index contributed by atoms with van der Waals surface area (Å²) < 4.78 is 30.4. The highest BCUT2D eigenvalue weighted by molar-refractivity contribution is 7.89. The number of aromatic nitrogens is 2. The number of para-hydroxylation sites is 1. The third-order valence-corrected chi connectivity index (χ3v) is 8.14. The minimum Gasteiger partial charge on any atom is -0.382 e. The molecule has 1 fully saturated rings. The van der Waals surface area contributed by atoms with E-state index in [1.807, 2.05) is 37.3 Å². The number of aryl methyl sites for hydroxylation is 1. The van der Waals surface area contributed by atoms with Crippen molar-refractivity contribution in [1.29, 1.82) is 0 Å². The predicted molar refractivity (Wildman–Crippen MR) is 130 cm³/mol. The summed E-state index contributed by atoms with van der Waals surface area (Å²) in [6.07, 6.45) is 5.07. The standard InChI is InChI=1S/C24H30N6O2S/c1-3-29(19-12-6-4-7-13-19)33(31,32)22-17-11-10-16-21(22)26-27-23-18(2)28-30(24(23)25)20-14-8-5-9-15-20/h5,8-11,14-17,19H,3-4,6-7,12-13,25H2,1-2H3. The number of rotatable bonds is 7. The van der Waals surface area contributed by atoms with Crippen LogP contribution in [0.1, 0.15) is 44.7 Å². The van der Waals surface area contributed by atoms with E-state index in [1.54, 1.807) is 40.2 Å². The van der Waals surface area contributed by atoms with Gasteiger partial charge in [-0.15, -0.1) is 10.2 Å². The molecule has 4 rings (SSSR count). The SMILES string of the molecule is CCN(C1CCCCC1)S(=O)(=O)c1ccccc1N=Nc1c(C)nn(-c2ccccc2)c1N. The minimum absolute atomic E-state index is 0.0285. The van der Waals surface area contributed by atoms with Crippen molar-refractivity contribution in [3.63, 3.8) is 0 Å². The quantitative estimate of drug-likeness (QED) is 0.463.